The van der Waals surface area contributed by atoms with E-state index in [-0.39, 0.29) is 15.3 Å². The largest absolute Gasteiger partial charge is 0.313 e. The Labute approximate surface area is 135 Å². The van der Waals surface area contributed by atoms with Gasteiger partial charge in [-0.05, 0) is 47.7 Å². The first kappa shape index (κ1) is 15.8. The highest BCUT2D eigenvalue weighted by Crippen LogP contribution is 2.28. The molecular formula is C15H14FIN2O2. The van der Waals surface area contributed by atoms with Gasteiger partial charge in [0, 0.05) is 17.7 Å². The molecule has 6 heteroatoms. The molecule has 0 saturated carbocycles. The molecule has 1 unspecified atom stereocenters. The first-order chi connectivity index (χ1) is 10.0. The Bertz CT molecular complexity index is 650. The highest BCUT2D eigenvalue weighted by molar-refractivity contribution is 14.1. The van der Waals surface area contributed by atoms with Gasteiger partial charge < -0.3 is 5.32 Å². The molecule has 2 aromatic rings. The van der Waals surface area contributed by atoms with E-state index in [1.807, 2.05) is 30.3 Å². The molecule has 0 aromatic heterocycles. The van der Waals surface area contributed by atoms with Gasteiger partial charge in [-0.15, -0.1) is 0 Å². The number of nitro benzene ring substituents is 1. The van der Waals surface area contributed by atoms with E-state index in [4.69, 9.17) is 0 Å². The molecule has 0 fully saturated rings. The van der Waals surface area contributed by atoms with E-state index in [0.717, 1.165) is 5.56 Å². The SMILES string of the molecule is CNC(Cc1cc(F)c(I)cc1[N+](=O)[O-])c1ccccc1. The summed E-state index contributed by atoms with van der Waals surface area (Å²) in [6, 6.07) is 12.0. The molecule has 4 nitrogen and oxygen atoms in total. The lowest BCUT2D eigenvalue weighted by Gasteiger charge is -2.17. The third-order valence-electron chi connectivity index (χ3n) is 3.29. The summed E-state index contributed by atoms with van der Waals surface area (Å²) < 4.78 is 14.0. The highest BCUT2D eigenvalue weighted by Gasteiger charge is 2.21. The second-order valence-electron chi connectivity index (χ2n) is 4.61. The van der Waals surface area contributed by atoms with E-state index < -0.39 is 10.7 Å². The van der Waals surface area contributed by atoms with E-state index in [1.165, 1.54) is 12.1 Å². The fourth-order valence-electron chi connectivity index (χ4n) is 2.20. The van der Waals surface area contributed by atoms with Crippen molar-refractivity contribution in [2.24, 2.45) is 0 Å². The van der Waals surface area contributed by atoms with Gasteiger partial charge in [-0.2, -0.15) is 0 Å². The van der Waals surface area contributed by atoms with Crippen LogP contribution in [0, 0.1) is 19.5 Å². The summed E-state index contributed by atoms with van der Waals surface area (Å²) in [5.74, 6) is -0.431. The smallest absolute Gasteiger partial charge is 0.273 e. The second kappa shape index (κ2) is 6.95. The maximum atomic E-state index is 13.7. The van der Waals surface area contributed by atoms with Crippen LogP contribution in [0.25, 0.3) is 0 Å². The fraction of sp³-hybridized carbons (Fsp3) is 0.200. The standard InChI is InChI=1S/C15H14FIN2O2/c1-18-14(10-5-3-2-4-6-10)8-11-7-12(16)13(17)9-15(11)19(20)21/h2-7,9,14,18H,8H2,1H3. The van der Waals surface area contributed by atoms with Crippen LogP contribution in [0.5, 0.6) is 0 Å². The molecule has 2 rings (SSSR count). The van der Waals surface area contributed by atoms with Crippen molar-refractivity contribution in [3.05, 3.63) is 73.1 Å². The molecule has 21 heavy (non-hydrogen) atoms. The molecule has 1 atom stereocenters. The van der Waals surface area contributed by atoms with Crippen LogP contribution in [-0.2, 0) is 6.42 Å². The first-order valence-electron chi connectivity index (χ1n) is 6.37. The number of likely N-dealkylation sites (N-methyl/N-ethyl adjacent to an activating group) is 1. The molecule has 1 N–H and O–H groups in total. The van der Waals surface area contributed by atoms with Crippen LogP contribution in [0.15, 0.2) is 42.5 Å². The molecular weight excluding hydrogens is 386 g/mol. The molecule has 0 heterocycles. The molecule has 0 spiro atoms. The first-order valence-corrected chi connectivity index (χ1v) is 7.45. The number of hydrogen-bond donors (Lipinski definition) is 1. The van der Waals surface area contributed by atoms with Gasteiger partial charge in [0.1, 0.15) is 5.82 Å². The minimum Gasteiger partial charge on any atom is -0.313 e. The molecule has 0 amide bonds. The van der Waals surface area contributed by atoms with E-state index in [9.17, 15) is 14.5 Å². The molecule has 0 aliphatic carbocycles. The summed E-state index contributed by atoms with van der Waals surface area (Å²) in [5.41, 5.74) is 1.35. The number of nitrogens with zero attached hydrogens (tertiary/aromatic N) is 1. The molecule has 0 saturated heterocycles. The van der Waals surface area contributed by atoms with Gasteiger partial charge in [0.2, 0.25) is 0 Å². The van der Waals surface area contributed by atoms with Crippen molar-refractivity contribution in [1.29, 1.82) is 0 Å². The predicted octanol–water partition coefficient (Wildman–Crippen LogP) is 3.84. The van der Waals surface area contributed by atoms with Crippen LogP contribution < -0.4 is 5.32 Å². The zero-order valence-corrected chi connectivity index (χ0v) is 13.5. The monoisotopic (exact) mass is 400 g/mol. The van der Waals surface area contributed by atoms with E-state index in [2.05, 4.69) is 5.32 Å². The van der Waals surface area contributed by atoms with E-state index in [0.29, 0.717) is 12.0 Å². The summed E-state index contributed by atoms with van der Waals surface area (Å²) in [5, 5.41) is 14.3. The van der Waals surface area contributed by atoms with Gasteiger partial charge in [-0.3, -0.25) is 10.1 Å². The maximum absolute atomic E-state index is 13.7. The van der Waals surface area contributed by atoms with Crippen molar-refractivity contribution in [1.82, 2.24) is 5.32 Å². The van der Waals surface area contributed by atoms with Crippen LogP contribution >= 0.6 is 22.6 Å². The van der Waals surface area contributed by atoms with Gasteiger partial charge in [0.15, 0.2) is 0 Å². The minimum atomic E-state index is -0.464. The van der Waals surface area contributed by atoms with Crippen LogP contribution in [0.2, 0.25) is 0 Å². The summed E-state index contributed by atoms with van der Waals surface area (Å²) in [4.78, 5) is 10.7. The van der Waals surface area contributed by atoms with Crippen LogP contribution in [0.3, 0.4) is 0 Å². The van der Waals surface area contributed by atoms with Crippen molar-refractivity contribution in [2.45, 2.75) is 12.5 Å². The maximum Gasteiger partial charge on any atom is 0.273 e. The van der Waals surface area contributed by atoms with Gasteiger partial charge in [0.25, 0.3) is 5.69 Å². The van der Waals surface area contributed by atoms with Gasteiger partial charge in [-0.25, -0.2) is 4.39 Å². The van der Waals surface area contributed by atoms with Crippen molar-refractivity contribution in [2.75, 3.05) is 7.05 Å². The van der Waals surface area contributed by atoms with E-state index in [1.54, 1.807) is 29.6 Å². The molecule has 0 aliphatic rings. The summed E-state index contributed by atoms with van der Waals surface area (Å²) in [6.07, 6.45) is 0.352. The third kappa shape index (κ3) is 3.76. The lowest BCUT2D eigenvalue weighted by molar-refractivity contribution is -0.385. The minimum absolute atomic E-state index is 0.0445. The molecule has 0 aliphatic heterocycles. The Morgan fingerprint density at radius 1 is 1.33 bits per heavy atom. The highest BCUT2D eigenvalue weighted by atomic mass is 127. The van der Waals surface area contributed by atoms with Crippen LogP contribution in [0.1, 0.15) is 17.2 Å². The Balaban J connectivity index is 2.37. The lowest BCUT2D eigenvalue weighted by atomic mass is 9.98. The molecule has 0 bridgehead atoms. The van der Waals surface area contributed by atoms with Gasteiger partial charge in [-0.1, -0.05) is 30.3 Å². The zero-order chi connectivity index (χ0) is 15.4. The number of benzene rings is 2. The van der Waals surface area contributed by atoms with Crippen LogP contribution in [0.4, 0.5) is 10.1 Å². The van der Waals surface area contributed by atoms with Crippen LogP contribution in [-0.4, -0.2) is 12.0 Å². The summed E-state index contributed by atoms with van der Waals surface area (Å²) >= 11 is 1.76. The van der Waals surface area contributed by atoms with Gasteiger partial charge in [0.05, 0.1) is 8.49 Å². The average Bonchev–Trinajstić information content (AvgIpc) is 2.48. The van der Waals surface area contributed by atoms with Crippen molar-refractivity contribution in [3.8, 4) is 0 Å². The number of hydrogen-bond acceptors (Lipinski definition) is 3. The van der Waals surface area contributed by atoms with Crippen molar-refractivity contribution < 1.29 is 9.31 Å². The lowest BCUT2D eigenvalue weighted by Crippen LogP contribution is -2.19. The van der Waals surface area contributed by atoms with Crippen molar-refractivity contribution >= 4 is 28.3 Å². The predicted molar refractivity (Wildman–Crippen MR) is 87.7 cm³/mol. The van der Waals surface area contributed by atoms with Crippen molar-refractivity contribution in [3.63, 3.8) is 0 Å². The van der Waals surface area contributed by atoms with E-state index >= 15 is 0 Å². The molecule has 0 radical (unpaired) electrons. The Hall–Kier alpha value is -1.54. The quantitative estimate of drug-likeness (QED) is 0.472. The Morgan fingerprint density at radius 3 is 2.57 bits per heavy atom. The molecule has 110 valence electrons. The Morgan fingerprint density at radius 2 is 2.00 bits per heavy atom. The second-order valence-corrected chi connectivity index (χ2v) is 5.77. The summed E-state index contributed by atoms with van der Waals surface area (Å²) in [7, 11) is 1.78. The molecule has 2 aromatic carbocycles. The number of nitro groups is 1. The third-order valence-corrected chi connectivity index (χ3v) is 4.12. The zero-order valence-electron chi connectivity index (χ0n) is 11.3. The number of rotatable bonds is 5. The number of halogens is 2. The average molecular weight is 400 g/mol. The Kier molecular flexibility index (Phi) is 5.24. The fourth-order valence-corrected chi connectivity index (χ4v) is 2.65. The normalized spacial score (nSPS) is 12.1. The summed E-state index contributed by atoms with van der Waals surface area (Å²) in [6.45, 7) is 0. The topological polar surface area (TPSA) is 55.2 Å². The van der Waals surface area contributed by atoms with Gasteiger partial charge >= 0.3 is 0 Å². The number of nitrogens with one attached hydrogen (secondary N) is 1.